The normalized spacial score (nSPS) is 13.3. The van der Waals surface area contributed by atoms with Crippen LogP contribution in [0.5, 0.6) is 0 Å². The number of carbonyl (C=O) groups excluding carboxylic acids is 4. The number of rotatable bonds is 9. The van der Waals surface area contributed by atoms with Gasteiger partial charge in [-0.05, 0) is 48.9 Å². The largest absolute Gasteiger partial charge is 0.339 e. The molecule has 2 aromatic rings. The van der Waals surface area contributed by atoms with Crippen LogP contribution in [0, 0.1) is 6.92 Å². The van der Waals surface area contributed by atoms with Crippen LogP contribution in [0.4, 0.5) is 5.69 Å². The second-order valence-corrected chi connectivity index (χ2v) is 8.41. The average molecular weight is 427 g/mol. The van der Waals surface area contributed by atoms with Gasteiger partial charge in [-0.1, -0.05) is 12.1 Å². The minimum Gasteiger partial charge on any atom is -0.339 e. The first-order valence-corrected chi connectivity index (χ1v) is 11.1. The van der Waals surface area contributed by atoms with Crippen molar-refractivity contribution in [2.75, 3.05) is 18.4 Å². The summed E-state index contributed by atoms with van der Waals surface area (Å²) in [6.07, 6.45) is 2.50. The van der Waals surface area contributed by atoms with Crippen molar-refractivity contribution in [2.24, 2.45) is 0 Å². The van der Waals surface area contributed by atoms with Crippen molar-refractivity contribution >= 4 is 40.4 Å². The van der Waals surface area contributed by atoms with Crippen LogP contribution >= 0.6 is 11.3 Å². The number of carbonyl (C=O) groups is 4. The third-order valence-corrected chi connectivity index (χ3v) is 6.20. The van der Waals surface area contributed by atoms with Gasteiger partial charge < -0.3 is 10.2 Å². The molecule has 0 atom stereocenters. The summed E-state index contributed by atoms with van der Waals surface area (Å²) >= 11 is 1.36. The molecule has 0 saturated carbocycles. The van der Waals surface area contributed by atoms with Gasteiger partial charge in [0.2, 0.25) is 5.91 Å². The zero-order chi connectivity index (χ0) is 21.5. The van der Waals surface area contributed by atoms with Gasteiger partial charge in [0.05, 0.1) is 4.88 Å². The Hall–Kier alpha value is -2.80. The van der Waals surface area contributed by atoms with Crippen LogP contribution < -0.4 is 5.32 Å². The number of nitrogens with one attached hydrogen (secondary N) is 1. The second-order valence-electron chi connectivity index (χ2n) is 7.46. The van der Waals surface area contributed by atoms with Crippen LogP contribution in [0.2, 0.25) is 0 Å². The fourth-order valence-corrected chi connectivity index (χ4v) is 4.19. The summed E-state index contributed by atoms with van der Waals surface area (Å²) < 4.78 is 0. The molecule has 2 amide bonds. The lowest BCUT2D eigenvalue weighted by atomic mass is 10.0. The van der Waals surface area contributed by atoms with Gasteiger partial charge in [0.15, 0.2) is 5.78 Å². The van der Waals surface area contributed by atoms with E-state index in [1.54, 1.807) is 30.3 Å². The van der Waals surface area contributed by atoms with Gasteiger partial charge in [0, 0.05) is 50.0 Å². The van der Waals surface area contributed by atoms with Crippen LogP contribution in [-0.2, 0) is 9.59 Å². The van der Waals surface area contributed by atoms with E-state index in [-0.39, 0.29) is 49.1 Å². The van der Waals surface area contributed by atoms with E-state index in [2.05, 4.69) is 5.32 Å². The van der Waals surface area contributed by atoms with Crippen LogP contribution in [0.1, 0.15) is 64.1 Å². The third-order valence-electron chi connectivity index (χ3n) is 5.29. The lowest BCUT2D eigenvalue weighted by molar-refractivity contribution is -0.122. The summed E-state index contributed by atoms with van der Waals surface area (Å²) in [5, 5.41) is 4.64. The first-order chi connectivity index (χ1) is 14.5. The van der Waals surface area contributed by atoms with Gasteiger partial charge in [0.1, 0.15) is 5.78 Å². The fraction of sp³-hybridized carbons (Fsp3) is 0.391. The average Bonchev–Trinajstić information content (AvgIpc) is 3.45. The lowest BCUT2D eigenvalue weighted by Gasteiger charge is -2.18. The topological polar surface area (TPSA) is 83.5 Å². The van der Waals surface area contributed by atoms with Gasteiger partial charge in [0.25, 0.3) is 5.91 Å². The molecule has 6 nitrogen and oxygen atoms in total. The number of thiophene rings is 1. The van der Waals surface area contributed by atoms with Gasteiger partial charge in [-0.2, -0.15) is 0 Å². The molecule has 0 bridgehead atoms. The highest BCUT2D eigenvalue weighted by atomic mass is 32.1. The van der Waals surface area contributed by atoms with Crippen molar-refractivity contribution in [1.82, 2.24) is 4.90 Å². The maximum absolute atomic E-state index is 12.7. The van der Waals surface area contributed by atoms with Gasteiger partial charge >= 0.3 is 0 Å². The smallest absolute Gasteiger partial charge is 0.254 e. The number of hydrogen-bond donors (Lipinski definition) is 1. The standard InChI is InChI=1S/C23H26N2O4S/c1-16-18(23(29)25-13-2-3-14-25)6-4-7-19(16)24-22(28)12-10-17(26)9-11-20(27)21-8-5-15-30-21/h4-8,15H,2-3,9-14H2,1H3,(H,24,28). The Labute approximate surface area is 180 Å². The molecule has 30 heavy (non-hydrogen) atoms. The van der Waals surface area contributed by atoms with Crippen molar-refractivity contribution in [3.8, 4) is 0 Å². The minimum atomic E-state index is -0.276. The van der Waals surface area contributed by atoms with Crippen LogP contribution in [0.15, 0.2) is 35.7 Å². The SMILES string of the molecule is Cc1c(NC(=O)CCC(=O)CCC(=O)c2cccs2)cccc1C(=O)N1CCCC1. The van der Waals surface area contributed by atoms with E-state index < -0.39 is 0 Å². The zero-order valence-corrected chi connectivity index (χ0v) is 17.9. The molecule has 1 aromatic carbocycles. The van der Waals surface area contributed by atoms with E-state index in [1.807, 2.05) is 17.2 Å². The summed E-state index contributed by atoms with van der Waals surface area (Å²) in [5.74, 6) is -0.434. The number of anilines is 1. The molecule has 1 saturated heterocycles. The highest BCUT2D eigenvalue weighted by Crippen LogP contribution is 2.22. The predicted octanol–water partition coefficient (Wildman–Crippen LogP) is 4.24. The van der Waals surface area contributed by atoms with E-state index in [4.69, 9.17) is 0 Å². The summed E-state index contributed by atoms with van der Waals surface area (Å²) in [6, 6.07) is 8.85. The molecule has 1 aromatic heterocycles. The van der Waals surface area contributed by atoms with E-state index in [0.29, 0.717) is 16.1 Å². The number of benzene rings is 1. The molecule has 158 valence electrons. The number of hydrogen-bond acceptors (Lipinski definition) is 5. The Kier molecular flexibility index (Phi) is 7.52. The first kappa shape index (κ1) is 21.9. The van der Waals surface area contributed by atoms with E-state index in [1.165, 1.54) is 11.3 Å². The molecule has 0 unspecified atom stereocenters. The predicted molar refractivity (Wildman–Crippen MR) is 117 cm³/mol. The molecule has 0 aliphatic carbocycles. The summed E-state index contributed by atoms with van der Waals surface area (Å²) in [6.45, 7) is 3.36. The molecule has 7 heteroatoms. The molecule has 3 rings (SSSR count). The maximum atomic E-state index is 12.7. The number of Topliss-reactive ketones (excluding diaryl/α,β-unsaturated/α-hetero) is 2. The highest BCUT2D eigenvalue weighted by Gasteiger charge is 2.22. The molecule has 1 aliphatic rings. The number of ketones is 2. The molecular weight excluding hydrogens is 400 g/mol. The molecule has 1 N–H and O–H groups in total. The summed E-state index contributed by atoms with van der Waals surface area (Å²) in [5.41, 5.74) is 1.92. The Bertz CT molecular complexity index is 931. The van der Waals surface area contributed by atoms with E-state index in [0.717, 1.165) is 31.5 Å². The van der Waals surface area contributed by atoms with E-state index >= 15 is 0 Å². The van der Waals surface area contributed by atoms with Crippen LogP contribution in [-0.4, -0.2) is 41.4 Å². The monoisotopic (exact) mass is 426 g/mol. The van der Waals surface area contributed by atoms with E-state index in [9.17, 15) is 19.2 Å². The van der Waals surface area contributed by atoms with Crippen molar-refractivity contribution in [3.63, 3.8) is 0 Å². The molecule has 0 radical (unpaired) electrons. The minimum absolute atomic E-state index is 0.00770. The zero-order valence-electron chi connectivity index (χ0n) is 17.1. The highest BCUT2D eigenvalue weighted by molar-refractivity contribution is 7.12. The van der Waals surface area contributed by atoms with Crippen molar-refractivity contribution < 1.29 is 19.2 Å². The van der Waals surface area contributed by atoms with Crippen molar-refractivity contribution in [2.45, 2.75) is 45.4 Å². The quantitative estimate of drug-likeness (QED) is 0.608. The summed E-state index contributed by atoms with van der Waals surface area (Å²) in [7, 11) is 0. The summed E-state index contributed by atoms with van der Waals surface area (Å²) in [4.78, 5) is 51.5. The number of amides is 2. The Morgan fingerprint density at radius 1 is 0.967 bits per heavy atom. The van der Waals surface area contributed by atoms with Crippen LogP contribution in [0.3, 0.4) is 0 Å². The first-order valence-electron chi connectivity index (χ1n) is 10.2. The Balaban J connectivity index is 1.48. The second kappa shape index (κ2) is 10.3. The van der Waals surface area contributed by atoms with Crippen molar-refractivity contribution in [3.05, 3.63) is 51.7 Å². The van der Waals surface area contributed by atoms with Gasteiger partial charge in [-0.25, -0.2) is 0 Å². The van der Waals surface area contributed by atoms with Crippen molar-refractivity contribution in [1.29, 1.82) is 0 Å². The van der Waals surface area contributed by atoms with Crippen LogP contribution in [0.25, 0.3) is 0 Å². The maximum Gasteiger partial charge on any atom is 0.254 e. The van der Waals surface area contributed by atoms with Gasteiger partial charge in [-0.3, -0.25) is 19.2 Å². The molecule has 2 heterocycles. The third kappa shape index (κ3) is 5.63. The lowest BCUT2D eigenvalue weighted by Crippen LogP contribution is -2.28. The molecule has 0 spiro atoms. The van der Waals surface area contributed by atoms with Gasteiger partial charge in [-0.15, -0.1) is 11.3 Å². The Morgan fingerprint density at radius 3 is 2.40 bits per heavy atom. The molecule has 1 aliphatic heterocycles. The Morgan fingerprint density at radius 2 is 1.70 bits per heavy atom. The molecule has 1 fully saturated rings. The fourth-order valence-electron chi connectivity index (χ4n) is 3.50. The molecular formula is C23H26N2O4S. The number of nitrogens with zero attached hydrogens (tertiary/aromatic N) is 1. The number of likely N-dealkylation sites (tertiary alicyclic amines) is 1.